The lowest BCUT2D eigenvalue weighted by Gasteiger charge is -2.04. The van der Waals surface area contributed by atoms with Crippen LogP contribution in [-0.2, 0) is 9.53 Å². The summed E-state index contributed by atoms with van der Waals surface area (Å²) in [6.45, 7) is 0. The molecular formula is C15H12ClNO3S. The van der Waals surface area contributed by atoms with E-state index < -0.39 is 5.97 Å². The normalized spacial score (nSPS) is 10.6. The number of benzene rings is 1. The molecule has 1 aromatic heterocycles. The number of thiophene rings is 1. The molecule has 0 atom stereocenters. The Morgan fingerprint density at radius 2 is 2.10 bits per heavy atom. The van der Waals surface area contributed by atoms with Gasteiger partial charge in [0.1, 0.15) is 0 Å². The first-order valence-electron chi connectivity index (χ1n) is 6.01. The third-order valence-electron chi connectivity index (χ3n) is 2.54. The Kier molecular flexibility index (Phi) is 5.14. The lowest BCUT2D eigenvalue weighted by molar-refractivity contribution is -0.111. The lowest BCUT2D eigenvalue weighted by atomic mass is 10.2. The number of carbonyl (C=O) groups excluding carboxylic acids is 2. The maximum atomic E-state index is 11.8. The molecule has 2 aromatic rings. The molecule has 0 unspecified atom stereocenters. The summed E-state index contributed by atoms with van der Waals surface area (Å²) in [5.41, 5.74) is 0.904. The van der Waals surface area contributed by atoms with Gasteiger partial charge in [0, 0.05) is 16.6 Å². The fraction of sp³-hybridized carbons (Fsp3) is 0.0667. The van der Waals surface area contributed by atoms with E-state index in [2.05, 4.69) is 10.1 Å². The van der Waals surface area contributed by atoms with E-state index in [0.717, 1.165) is 4.88 Å². The maximum Gasteiger partial charge on any atom is 0.337 e. The number of carbonyl (C=O) groups is 2. The summed E-state index contributed by atoms with van der Waals surface area (Å²) in [4.78, 5) is 24.1. The molecule has 1 heterocycles. The van der Waals surface area contributed by atoms with Crippen LogP contribution in [0.1, 0.15) is 15.2 Å². The third kappa shape index (κ3) is 4.44. The number of amides is 1. The van der Waals surface area contributed by atoms with Gasteiger partial charge in [-0.15, -0.1) is 11.3 Å². The quantitative estimate of drug-likeness (QED) is 0.687. The van der Waals surface area contributed by atoms with Crippen LogP contribution in [0.25, 0.3) is 6.08 Å². The summed E-state index contributed by atoms with van der Waals surface area (Å²) in [7, 11) is 1.31. The molecular weight excluding hydrogens is 310 g/mol. The van der Waals surface area contributed by atoms with Crippen molar-refractivity contribution in [3.63, 3.8) is 0 Å². The van der Waals surface area contributed by atoms with Crippen LogP contribution in [-0.4, -0.2) is 19.0 Å². The SMILES string of the molecule is COC(=O)c1cccc(NC(=O)/C=C/c2ccc(Cl)s2)c1. The van der Waals surface area contributed by atoms with Crippen LogP contribution in [0, 0.1) is 0 Å². The van der Waals surface area contributed by atoms with Crippen LogP contribution in [0.2, 0.25) is 4.34 Å². The highest BCUT2D eigenvalue weighted by Gasteiger charge is 2.06. The molecule has 4 nitrogen and oxygen atoms in total. The summed E-state index contributed by atoms with van der Waals surface area (Å²) < 4.78 is 5.29. The number of halogens is 1. The molecule has 108 valence electrons. The van der Waals surface area contributed by atoms with E-state index in [4.69, 9.17) is 11.6 Å². The zero-order valence-electron chi connectivity index (χ0n) is 11.1. The molecule has 2 rings (SSSR count). The summed E-state index contributed by atoms with van der Waals surface area (Å²) in [5.74, 6) is -0.739. The third-order valence-corrected chi connectivity index (χ3v) is 3.74. The number of nitrogens with one attached hydrogen (secondary N) is 1. The van der Waals surface area contributed by atoms with E-state index in [-0.39, 0.29) is 5.91 Å². The summed E-state index contributed by atoms with van der Waals surface area (Å²) >= 11 is 7.19. The first-order valence-corrected chi connectivity index (χ1v) is 7.21. The molecule has 1 N–H and O–H groups in total. The van der Waals surface area contributed by atoms with Gasteiger partial charge in [-0.2, -0.15) is 0 Å². The second-order valence-electron chi connectivity index (χ2n) is 4.04. The van der Waals surface area contributed by atoms with E-state index in [0.29, 0.717) is 15.6 Å². The highest BCUT2D eigenvalue weighted by Crippen LogP contribution is 2.22. The van der Waals surface area contributed by atoms with Gasteiger partial charge >= 0.3 is 5.97 Å². The fourth-order valence-electron chi connectivity index (χ4n) is 1.60. The molecule has 6 heteroatoms. The number of hydrogen-bond acceptors (Lipinski definition) is 4. The number of hydrogen-bond donors (Lipinski definition) is 1. The van der Waals surface area contributed by atoms with Crippen molar-refractivity contribution in [1.82, 2.24) is 0 Å². The lowest BCUT2D eigenvalue weighted by Crippen LogP contribution is -2.09. The van der Waals surface area contributed by atoms with E-state index in [1.165, 1.54) is 24.5 Å². The smallest absolute Gasteiger partial charge is 0.337 e. The Hall–Kier alpha value is -2.11. The highest BCUT2D eigenvalue weighted by molar-refractivity contribution is 7.17. The first-order chi connectivity index (χ1) is 10.1. The molecule has 0 spiro atoms. The molecule has 0 saturated carbocycles. The minimum absolute atomic E-state index is 0.290. The molecule has 21 heavy (non-hydrogen) atoms. The van der Waals surface area contributed by atoms with E-state index in [9.17, 15) is 9.59 Å². The molecule has 1 amide bonds. The van der Waals surface area contributed by atoms with Crippen LogP contribution in [0.4, 0.5) is 5.69 Å². The predicted molar refractivity (Wildman–Crippen MR) is 84.8 cm³/mol. The van der Waals surface area contributed by atoms with Gasteiger partial charge in [0.05, 0.1) is 17.0 Å². The summed E-state index contributed by atoms with van der Waals surface area (Å²) in [6.07, 6.45) is 3.09. The molecule has 0 saturated heterocycles. The number of esters is 1. The summed E-state index contributed by atoms with van der Waals surface area (Å²) in [6, 6.07) is 10.1. The molecule has 0 bridgehead atoms. The largest absolute Gasteiger partial charge is 0.465 e. The van der Waals surface area contributed by atoms with Crippen LogP contribution in [0.3, 0.4) is 0 Å². The zero-order valence-corrected chi connectivity index (χ0v) is 12.7. The van der Waals surface area contributed by atoms with Gasteiger partial charge < -0.3 is 10.1 Å². The van der Waals surface area contributed by atoms with Gasteiger partial charge in [-0.25, -0.2) is 4.79 Å². The van der Waals surface area contributed by atoms with Crippen LogP contribution >= 0.6 is 22.9 Å². The number of anilines is 1. The van der Waals surface area contributed by atoms with Gasteiger partial charge in [0.15, 0.2) is 0 Å². The van der Waals surface area contributed by atoms with Crippen molar-refractivity contribution >= 4 is 46.6 Å². The highest BCUT2D eigenvalue weighted by atomic mass is 35.5. The second kappa shape index (κ2) is 7.06. The maximum absolute atomic E-state index is 11.8. The van der Waals surface area contributed by atoms with Crippen LogP contribution in [0.5, 0.6) is 0 Å². The molecule has 1 aromatic carbocycles. The van der Waals surface area contributed by atoms with E-state index in [1.807, 2.05) is 6.07 Å². The van der Waals surface area contributed by atoms with E-state index in [1.54, 1.807) is 36.4 Å². The van der Waals surface area contributed by atoms with Gasteiger partial charge in [0.2, 0.25) is 5.91 Å². The summed E-state index contributed by atoms with van der Waals surface area (Å²) in [5, 5.41) is 2.68. The number of methoxy groups -OCH3 is 1. The first kappa shape index (κ1) is 15.3. The average Bonchev–Trinajstić information content (AvgIpc) is 2.90. The Bertz CT molecular complexity index is 694. The zero-order chi connectivity index (χ0) is 15.2. The predicted octanol–water partition coefficient (Wildman–Crippen LogP) is 3.84. The topological polar surface area (TPSA) is 55.4 Å². The van der Waals surface area contributed by atoms with Crippen molar-refractivity contribution < 1.29 is 14.3 Å². The Balaban J connectivity index is 2.02. The van der Waals surface area contributed by atoms with Gasteiger partial charge in [-0.1, -0.05) is 17.7 Å². The molecule has 0 aliphatic heterocycles. The van der Waals surface area contributed by atoms with Crippen molar-refractivity contribution in [3.05, 3.63) is 57.3 Å². The van der Waals surface area contributed by atoms with Crippen molar-refractivity contribution in [2.45, 2.75) is 0 Å². The van der Waals surface area contributed by atoms with Gasteiger partial charge in [0.25, 0.3) is 0 Å². The van der Waals surface area contributed by atoms with Gasteiger partial charge in [-0.05, 0) is 36.4 Å². The van der Waals surface area contributed by atoms with Crippen molar-refractivity contribution in [1.29, 1.82) is 0 Å². The van der Waals surface area contributed by atoms with Crippen molar-refractivity contribution in [3.8, 4) is 0 Å². The Morgan fingerprint density at radius 3 is 2.76 bits per heavy atom. The fourth-order valence-corrected chi connectivity index (χ4v) is 2.57. The van der Waals surface area contributed by atoms with Crippen LogP contribution in [0.15, 0.2) is 42.5 Å². The van der Waals surface area contributed by atoms with Crippen molar-refractivity contribution in [2.75, 3.05) is 12.4 Å². The second-order valence-corrected chi connectivity index (χ2v) is 5.78. The molecule has 0 fully saturated rings. The minimum atomic E-state index is -0.449. The Labute approximate surface area is 131 Å². The number of rotatable bonds is 4. The molecule has 0 radical (unpaired) electrons. The van der Waals surface area contributed by atoms with Gasteiger partial charge in [-0.3, -0.25) is 4.79 Å². The minimum Gasteiger partial charge on any atom is -0.465 e. The van der Waals surface area contributed by atoms with Crippen LogP contribution < -0.4 is 5.32 Å². The van der Waals surface area contributed by atoms with E-state index >= 15 is 0 Å². The molecule has 0 aliphatic rings. The van der Waals surface area contributed by atoms with Crippen molar-refractivity contribution in [2.24, 2.45) is 0 Å². The Morgan fingerprint density at radius 1 is 1.29 bits per heavy atom. The molecule has 0 aliphatic carbocycles. The standard InChI is InChI=1S/C15H12ClNO3S/c1-20-15(19)10-3-2-4-11(9-10)17-14(18)8-6-12-5-7-13(16)21-12/h2-9H,1H3,(H,17,18)/b8-6+. The monoisotopic (exact) mass is 321 g/mol. The average molecular weight is 322 g/mol. The number of ether oxygens (including phenoxy) is 1.